The number of hydrogen-bond acceptors (Lipinski definition) is 6. The van der Waals surface area contributed by atoms with Gasteiger partial charge in [-0.05, 0) is 25.8 Å². The molecule has 0 amide bonds. The van der Waals surface area contributed by atoms with Gasteiger partial charge in [-0.2, -0.15) is 0 Å². The number of carbonyl (C=O) groups is 3. The zero-order valence-electron chi connectivity index (χ0n) is 15.7. The Morgan fingerprint density at radius 1 is 1.35 bits per heavy atom. The summed E-state index contributed by atoms with van der Waals surface area (Å²) in [5.41, 5.74) is 1.71. The molecule has 1 heterocycles. The van der Waals surface area contributed by atoms with Crippen molar-refractivity contribution in [3.63, 3.8) is 0 Å². The third-order valence-corrected chi connectivity index (χ3v) is 4.65. The maximum Gasteiger partial charge on any atom is 0.334 e. The minimum atomic E-state index is -0.735. The Labute approximate surface area is 153 Å². The van der Waals surface area contributed by atoms with Crippen molar-refractivity contribution in [1.29, 1.82) is 0 Å². The summed E-state index contributed by atoms with van der Waals surface area (Å²) < 4.78 is 16.0. The SMILES string of the molecule is C=C1C(=O)OC2C=C(C)CCC=C(C(=O)OC)CC(OC(=O)C(C)C)C12. The van der Waals surface area contributed by atoms with Gasteiger partial charge in [-0.25, -0.2) is 9.59 Å². The van der Waals surface area contributed by atoms with Gasteiger partial charge in [0, 0.05) is 17.6 Å². The first-order valence-electron chi connectivity index (χ1n) is 8.79. The third-order valence-electron chi connectivity index (χ3n) is 4.65. The lowest BCUT2D eigenvalue weighted by molar-refractivity contribution is -0.156. The van der Waals surface area contributed by atoms with E-state index >= 15 is 0 Å². The molecule has 6 nitrogen and oxygen atoms in total. The molecule has 2 aliphatic rings. The normalized spacial score (nSPS) is 26.4. The predicted octanol–water partition coefficient (Wildman–Crippen LogP) is 2.88. The van der Waals surface area contributed by atoms with Crippen LogP contribution in [0.5, 0.6) is 0 Å². The fourth-order valence-corrected chi connectivity index (χ4v) is 3.14. The van der Waals surface area contributed by atoms with Crippen LogP contribution in [-0.4, -0.2) is 37.2 Å². The van der Waals surface area contributed by atoms with Crippen LogP contribution in [-0.2, 0) is 28.6 Å². The number of rotatable bonds is 3. The molecule has 0 aromatic rings. The van der Waals surface area contributed by atoms with Gasteiger partial charge in [0.1, 0.15) is 12.2 Å². The Hall–Kier alpha value is -2.37. The van der Waals surface area contributed by atoms with Crippen molar-refractivity contribution >= 4 is 17.9 Å². The molecule has 3 atom stereocenters. The summed E-state index contributed by atoms with van der Waals surface area (Å²) >= 11 is 0. The minimum absolute atomic E-state index is 0.148. The Bertz CT molecular complexity index is 670. The van der Waals surface area contributed by atoms with Crippen LogP contribution in [0, 0.1) is 11.8 Å². The van der Waals surface area contributed by atoms with E-state index < -0.39 is 36.0 Å². The van der Waals surface area contributed by atoms with Gasteiger partial charge in [0.15, 0.2) is 0 Å². The second-order valence-electron chi connectivity index (χ2n) is 7.03. The minimum Gasteiger partial charge on any atom is -0.466 e. The molecule has 142 valence electrons. The van der Waals surface area contributed by atoms with Crippen molar-refractivity contribution in [1.82, 2.24) is 0 Å². The maximum absolute atomic E-state index is 12.2. The summed E-state index contributed by atoms with van der Waals surface area (Å²) in [6.07, 6.45) is 3.91. The van der Waals surface area contributed by atoms with Gasteiger partial charge >= 0.3 is 17.9 Å². The van der Waals surface area contributed by atoms with Gasteiger partial charge in [-0.1, -0.05) is 32.1 Å². The summed E-state index contributed by atoms with van der Waals surface area (Å²) in [5.74, 6) is -2.24. The molecule has 1 fully saturated rings. The molecule has 0 saturated carbocycles. The Balaban J connectivity index is 2.45. The Morgan fingerprint density at radius 3 is 2.65 bits per heavy atom. The highest BCUT2D eigenvalue weighted by atomic mass is 16.6. The standard InChI is InChI=1S/C20H26O6/c1-11(2)18(21)25-16-10-14(20(23)24-5)8-6-7-12(3)9-15-17(16)13(4)19(22)26-15/h8-9,11,15-17H,4,6-7,10H2,1-3,5H3. The zero-order valence-corrected chi connectivity index (χ0v) is 15.7. The van der Waals surface area contributed by atoms with E-state index in [0.717, 1.165) is 12.0 Å². The molecule has 0 bridgehead atoms. The van der Waals surface area contributed by atoms with Crippen LogP contribution in [0.4, 0.5) is 0 Å². The number of methoxy groups -OCH3 is 1. The lowest BCUT2D eigenvalue weighted by Gasteiger charge is -2.28. The average molecular weight is 362 g/mol. The van der Waals surface area contributed by atoms with Gasteiger partial charge in [0.05, 0.1) is 18.9 Å². The molecule has 2 rings (SSSR count). The van der Waals surface area contributed by atoms with E-state index in [2.05, 4.69) is 6.58 Å². The van der Waals surface area contributed by atoms with E-state index in [1.807, 2.05) is 13.0 Å². The molecule has 0 aromatic heterocycles. The van der Waals surface area contributed by atoms with Crippen molar-refractivity contribution in [3.05, 3.63) is 35.5 Å². The smallest absolute Gasteiger partial charge is 0.334 e. The van der Waals surface area contributed by atoms with Gasteiger partial charge in [0.25, 0.3) is 0 Å². The molecular weight excluding hydrogens is 336 g/mol. The van der Waals surface area contributed by atoms with E-state index in [4.69, 9.17) is 14.2 Å². The van der Waals surface area contributed by atoms with Crippen LogP contribution in [0.1, 0.15) is 40.0 Å². The number of esters is 3. The molecule has 0 spiro atoms. The molecular formula is C20H26O6. The van der Waals surface area contributed by atoms with E-state index in [1.165, 1.54) is 7.11 Å². The highest BCUT2D eigenvalue weighted by Gasteiger charge is 2.45. The molecule has 1 aliphatic heterocycles. The number of allylic oxidation sites excluding steroid dienone is 2. The van der Waals surface area contributed by atoms with Crippen LogP contribution in [0.3, 0.4) is 0 Å². The van der Waals surface area contributed by atoms with Crippen LogP contribution in [0.25, 0.3) is 0 Å². The third kappa shape index (κ3) is 4.42. The predicted molar refractivity (Wildman–Crippen MR) is 94.9 cm³/mol. The van der Waals surface area contributed by atoms with Gasteiger partial charge in [0.2, 0.25) is 0 Å². The first-order valence-corrected chi connectivity index (χ1v) is 8.79. The molecule has 6 heteroatoms. The van der Waals surface area contributed by atoms with Crippen molar-refractivity contribution in [2.24, 2.45) is 11.8 Å². The summed E-state index contributed by atoms with van der Waals surface area (Å²) in [5, 5.41) is 0. The zero-order chi connectivity index (χ0) is 19.4. The quantitative estimate of drug-likeness (QED) is 0.332. The highest BCUT2D eigenvalue weighted by molar-refractivity contribution is 5.92. The molecule has 0 radical (unpaired) electrons. The van der Waals surface area contributed by atoms with Gasteiger partial charge in [-0.3, -0.25) is 4.79 Å². The van der Waals surface area contributed by atoms with E-state index in [9.17, 15) is 14.4 Å². The lowest BCUT2D eigenvalue weighted by Crippen LogP contribution is -2.35. The maximum atomic E-state index is 12.2. The summed E-state index contributed by atoms with van der Waals surface area (Å²) in [6, 6.07) is 0. The molecule has 0 aromatic carbocycles. The summed E-state index contributed by atoms with van der Waals surface area (Å²) in [4.78, 5) is 36.5. The monoisotopic (exact) mass is 362 g/mol. The van der Waals surface area contributed by atoms with E-state index in [0.29, 0.717) is 12.0 Å². The van der Waals surface area contributed by atoms with Crippen molar-refractivity contribution < 1.29 is 28.6 Å². The number of ether oxygens (including phenoxy) is 3. The second-order valence-corrected chi connectivity index (χ2v) is 7.03. The number of carbonyl (C=O) groups excluding carboxylic acids is 3. The van der Waals surface area contributed by atoms with Gasteiger partial charge < -0.3 is 14.2 Å². The fourth-order valence-electron chi connectivity index (χ4n) is 3.14. The lowest BCUT2D eigenvalue weighted by atomic mass is 9.85. The Morgan fingerprint density at radius 2 is 2.04 bits per heavy atom. The van der Waals surface area contributed by atoms with Crippen molar-refractivity contribution in [3.8, 4) is 0 Å². The topological polar surface area (TPSA) is 78.9 Å². The van der Waals surface area contributed by atoms with Crippen LogP contribution < -0.4 is 0 Å². The molecule has 0 N–H and O–H groups in total. The average Bonchev–Trinajstić information content (AvgIpc) is 2.85. The largest absolute Gasteiger partial charge is 0.466 e. The van der Waals surface area contributed by atoms with Gasteiger partial charge in [-0.15, -0.1) is 0 Å². The number of hydrogen-bond donors (Lipinski definition) is 0. The van der Waals surface area contributed by atoms with E-state index in [-0.39, 0.29) is 17.9 Å². The summed E-state index contributed by atoms with van der Waals surface area (Å²) in [7, 11) is 1.31. The molecule has 26 heavy (non-hydrogen) atoms. The molecule has 1 saturated heterocycles. The first-order chi connectivity index (χ1) is 12.2. The first kappa shape index (κ1) is 19.9. The van der Waals surface area contributed by atoms with Crippen LogP contribution >= 0.6 is 0 Å². The second kappa shape index (κ2) is 8.34. The fraction of sp³-hybridized carbons (Fsp3) is 0.550. The van der Waals surface area contributed by atoms with Crippen LogP contribution in [0.2, 0.25) is 0 Å². The van der Waals surface area contributed by atoms with Crippen molar-refractivity contribution in [2.75, 3.05) is 7.11 Å². The van der Waals surface area contributed by atoms with Crippen LogP contribution in [0.15, 0.2) is 35.5 Å². The summed E-state index contributed by atoms with van der Waals surface area (Å²) in [6.45, 7) is 9.23. The highest BCUT2D eigenvalue weighted by Crippen LogP contribution is 2.36. The Kier molecular flexibility index (Phi) is 6.40. The molecule has 1 aliphatic carbocycles. The van der Waals surface area contributed by atoms with Crippen molar-refractivity contribution in [2.45, 2.75) is 52.2 Å². The number of fused-ring (bicyclic) bond motifs is 1. The molecule has 3 unspecified atom stereocenters. The van der Waals surface area contributed by atoms with E-state index in [1.54, 1.807) is 19.9 Å².